The Morgan fingerprint density at radius 1 is 0.968 bits per heavy atom. The summed E-state index contributed by atoms with van der Waals surface area (Å²) in [6.07, 6.45) is 8.49. The van der Waals surface area contributed by atoms with Crippen molar-refractivity contribution in [3.8, 4) is 0 Å². The second-order valence-electron chi connectivity index (χ2n) is 8.19. The third-order valence-corrected chi connectivity index (χ3v) is 6.21. The number of hydrogen-bond acceptors (Lipinski definition) is 3. The van der Waals surface area contributed by atoms with Gasteiger partial charge in [0.1, 0.15) is 6.61 Å². The predicted octanol–water partition coefficient (Wildman–Crippen LogP) is 6.99. The fraction of sp³-hybridized carbons (Fsp3) is 0.444. The topological polar surface area (TPSA) is 31.2 Å². The molecule has 0 aliphatic carbocycles. The van der Waals surface area contributed by atoms with Crippen LogP contribution in [0.25, 0.3) is 10.9 Å². The van der Waals surface area contributed by atoms with Crippen LogP contribution < -0.4 is 0 Å². The van der Waals surface area contributed by atoms with Crippen molar-refractivity contribution in [2.24, 2.45) is 0 Å². The van der Waals surface area contributed by atoms with Crippen LogP contribution in [-0.2, 0) is 17.7 Å². The zero-order valence-electron chi connectivity index (χ0n) is 18.9. The van der Waals surface area contributed by atoms with E-state index in [4.69, 9.17) is 4.74 Å². The molecule has 0 aliphatic rings. The summed E-state index contributed by atoms with van der Waals surface area (Å²) in [6, 6.07) is 16.4. The number of nitrogens with zero attached hydrogens (tertiary/aromatic N) is 1. The second-order valence-corrected chi connectivity index (χ2v) is 8.64. The molecule has 1 aromatic heterocycles. The highest BCUT2D eigenvalue weighted by atomic mass is 32.1. The van der Waals surface area contributed by atoms with E-state index in [2.05, 4.69) is 55.3 Å². The lowest BCUT2D eigenvalue weighted by Crippen LogP contribution is -2.10. The molecule has 0 saturated heterocycles. The SMILES string of the molecule is CCCCCCCCn1c(C)c(Cc2ccccc2C(=O)OCCS)c2ccccc21. The van der Waals surface area contributed by atoms with E-state index in [1.54, 1.807) is 0 Å². The third kappa shape index (κ3) is 5.94. The number of aromatic nitrogens is 1. The van der Waals surface area contributed by atoms with Gasteiger partial charge in [0.25, 0.3) is 0 Å². The molecule has 0 saturated carbocycles. The maximum atomic E-state index is 12.6. The summed E-state index contributed by atoms with van der Waals surface area (Å²) in [6.45, 7) is 5.85. The number of esters is 1. The van der Waals surface area contributed by atoms with Gasteiger partial charge < -0.3 is 9.30 Å². The van der Waals surface area contributed by atoms with Crippen LogP contribution in [-0.4, -0.2) is 22.9 Å². The lowest BCUT2D eigenvalue weighted by Gasteiger charge is -2.11. The van der Waals surface area contributed by atoms with Gasteiger partial charge in [0.15, 0.2) is 0 Å². The van der Waals surface area contributed by atoms with E-state index < -0.39 is 0 Å². The van der Waals surface area contributed by atoms with Crippen LogP contribution >= 0.6 is 12.6 Å². The summed E-state index contributed by atoms with van der Waals surface area (Å²) in [5, 5.41) is 1.28. The van der Waals surface area contributed by atoms with Gasteiger partial charge in [-0.05, 0) is 36.6 Å². The first kappa shape index (κ1) is 23.5. The van der Waals surface area contributed by atoms with Gasteiger partial charge >= 0.3 is 5.97 Å². The number of fused-ring (bicyclic) bond motifs is 1. The van der Waals surface area contributed by atoms with Crippen molar-refractivity contribution in [3.05, 3.63) is 70.9 Å². The Morgan fingerprint density at radius 3 is 2.48 bits per heavy atom. The molecule has 0 unspecified atom stereocenters. The number of carbonyl (C=O) groups excluding carboxylic acids is 1. The van der Waals surface area contributed by atoms with E-state index >= 15 is 0 Å². The van der Waals surface area contributed by atoms with Crippen LogP contribution in [0, 0.1) is 6.92 Å². The van der Waals surface area contributed by atoms with Crippen molar-refractivity contribution in [3.63, 3.8) is 0 Å². The lowest BCUT2D eigenvalue weighted by atomic mass is 9.98. The molecule has 0 bridgehead atoms. The smallest absolute Gasteiger partial charge is 0.338 e. The maximum absolute atomic E-state index is 12.6. The summed E-state index contributed by atoms with van der Waals surface area (Å²) >= 11 is 4.14. The van der Waals surface area contributed by atoms with Gasteiger partial charge in [-0.25, -0.2) is 4.79 Å². The molecule has 2 aromatic carbocycles. The molecule has 0 amide bonds. The summed E-state index contributed by atoms with van der Waals surface area (Å²) in [7, 11) is 0. The monoisotopic (exact) mass is 437 g/mol. The zero-order valence-corrected chi connectivity index (χ0v) is 19.8. The fourth-order valence-electron chi connectivity index (χ4n) is 4.34. The minimum atomic E-state index is -0.266. The van der Waals surface area contributed by atoms with Crippen molar-refractivity contribution in [2.45, 2.75) is 65.3 Å². The highest BCUT2D eigenvalue weighted by Gasteiger charge is 2.18. The Kier molecular flexibility index (Phi) is 9.08. The van der Waals surface area contributed by atoms with Crippen molar-refractivity contribution in [2.75, 3.05) is 12.4 Å². The summed E-state index contributed by atoms with van der Waals surface area (Å²) in [4.78, 5) is 12.6. The first-order valence-electron chi connectivity index (χ1n) is 11.6. The molecule has 4 heteroatoms. The number of ether oxygens (including phenoxy) is 1. The summed E-state index contributed by atoms with van der Waals surface area (Å²) < 4.78 is 7.82. The molecular formula is C27H35NO2S. The highest BCUT2D eigenvalue weighted by Crippen LogP contribution is 2.29. The van der Waals surface area contributed by atoms with E-state index in [0.29, 0.717) is 17.9 Å². The predicted molar refractivity (Wildman–Crippen MR) is 133 cm³/mol. The molecule has 3 rings (SSSR count). The van der Waals surface area contributed by atoms with Gasteiger partial charge in [-0.2, -0.15) is 12.6 Å². The van der Waals surface area contributed by atoms with Gasteiger partial charge in [0, 0.05) is 35.3 Å². The van der Waals surface area contributed by atoms with Crippen LogP contribution in [0.3, 0.4) is 0 Å². The molecule has 0 N–H and O–H groups in total. The van der Waals surface area contributed by atoms with E-state index in [1.165, 1.54) is 60.7 Å². The van der Waals surface area contributed by atoms with E-state index in [-0.39, 0.29) is 5.97 Å². The van der Waals surface area contributed by atoms with Crippen LogP contribution in [0.5, 0.6) is 0 Å². The molecule has 1 heterocycles. The first-order valence-corrected chi connectivity index (χ1v) is 12.2. The normalized spacial score (nSPS) is 11.2. The standard InChI is InChI=1S/C27H35NO2S/c1-3-4-5-6-7-12-17-28-21(2)25(24-15-10-11-16-26(24)28)20-22-13-8-9-14-23(22)27(29)30-18-19-31/h8-11,13-16,31H,3-7,12,17-20H2,1-2H3. The summed E-state index contributed by atoms with van der Waals surface area (Å²) in [5.41, 5.74) is 5.55. The number of carbonyl (C=O) groups is 1. The molecule has 0 spiro atoms. The number of rotatable bonds is 12. The average molecular weight is 438 g/mol. The number of aryl methyl sites for hydroxylation is 1. The molecule has 0 aliphatic heterocycles. The second kappa shape index (κ2) is 12.0. The van der Waals surface area contributed by atoms with Crippen LogP contribution in [0.4, 0.5) is 0 Å². The molecular weight excluding hydrogens is 402 g/mol. The molecule has 0 fully saturated rings. The number of para-hydroxylation sites is 1. The van der Waals surface area contributed by atoms with Crippen LogP contribution in [0.1, 0.15) is 72.6 Å². The van der Waals surface area contributed by atoms with Crippen molar-refractivity contribution >= 4 is 29.5 Å². The van der Waals surface area contributed by atoms with Gasteiger partial charge in [0.05, 0.1) is 5.56 Å². The minimum Gasteiger partial charge on any atom is -0.461 e. The van der Waals surface area contributed by atoms with Crippen LogP contribution in [0.2, 0.25) is 0 Å². The lowest BCUT2D eigenvalue weighted by molar-refractivity contribution is 0.0529. The Bertz CT molecular complexity index is 992. The van der Waals surface area contributed by atoms with Crippen molar-refractivity contribution in [1.82, 2.24) is 4.57 Å². The van der Waals surface area contributed by atoms with Gasteiger partial charge in [-0.1, -0.05) is 75.4 Å². The Hall–Kier alpha value is -2.20. The van der Waals surface area contributed by atoms with E-state index in [0.717, 1.165) is 18.5 Å². The minimum absolute atomic E-state index is 0.266. The maximum Gasteiger partial charge on any atom is 0.338 e. The number of unbranched alkanes of at least 4 members (excludes halogenated alkanes) is 5. The molecule has 3 nitrogen and oxygen atoms in total. The number of benzene rings is 2. The Labute approximate surface area is 192 Å². The molecule has 0 atom stereocenters. The van der Waals surface area contributed by atoms with Gasteiger partial charge in [-0.3, -0.25) is 0 Å². The van der Waals surface area contributed by atoms with Crippen molar-refractivity contribution in [1.29, 1.82) is 0 Å². The average Bonchev–Trinajstić information content (AvgIpc) is 3.06. The molecule has 166 valence electrons. The Balaban J connectivity index is 1.84. The van der Waals surface area contributed by atoms with E-state index in [9.17, 15) is 4.79 Å². The van der Waals surface area contributed by atoms with Crippen molar-refractivity contribution < 1.29 is 9.53 Å². The molecule has 0 radical (unpaired) electrons. The quantitative estimate of drug-likeness (QED) is 0.188. The highest BCUT2D eigenvalue weighted by molar-refractivity contribution is 7.80. The molecule has 3 aromatic rings. The zero-order chi connectivity index (χ0) is 22.1. The molecule has 31 heavy (non-hydrogen) atoms. The van der Waals surface area contributed by atoms with Crippen LogP contribution in [0.15, 0.2) is 48.5 Å². The summed E-state index contributed by atoms with van der Waals surface area (Å²) in [5.74, 6) is 0.261. The number of thiol groups is 1. The third-order valence-electron chi connectivity index (χ3n) is 6.03. The van der Waals surface area contributed by atoms with Gasteiger partial charge in [0.2, 0.25) is 0 Å². The number of hydrogen-bond donors (Lipinski definition) is 1. The first-order chi connectivity index (χ1) is 15.2. The van der Waals surface area contributed by atoms with Gasteiger partial charge in [-0.15, -0.1) is 0 Å². The Morgan fingerprint density at radius 2 is 1.68 bits per heavy atom. The fourth-order valence-corrected chi connectivity index (χ4v) is 4.44. The largest absolute Gasteiger partial charge is 0.461 e. The van der Waals surface area contributed by atoms with E-state index in [1.807, 2.05) is 24.3 Å².